The van der Waals surface area contributed by atoms with E-state index < -0.39 is 0 Å². The molecule has 1 aromatic heterocycles. The van der Waals surface area contributed by atoms with Crippen LogP contribution < -0.4 is 10.5 Å². The molecule has 0 bridgehead atoms. The molecule has 2 heterocycles. The van der Waals surface area contributed by atoms with Gasteiger partial charge in [0, 0.05) is 37.6 Å². The number of anilines is 2. The molecule has 132 valence electrons. The van der Waals surface area contributed by atoms with E-state index in [1.807, 2.05) is 35.2 Å². The average molecular weight is 349 g/mol. The van der Waals surface area contributed by atoms with Crippen molar-refractivity contribution in [3.8, 4) is 5.69 Å². The number of hydrogen-bond acceptors (Lipinski definition) is 3. The summed E-state index contributed by atoms with van der Waals surface area (Å²) in [6, 6.07) is 17.9. The highest BCUT2D eigenvalue weighted by Crippen LogP contribution is 2.34. The van der Waals surface area contributed by atoms with Gasteiger partial charge in [0.2, 0.25) is 0 Å². The molecule has 4 rings (SSSR count). The van der Waals surface area contributed by atoms with Crippen molar-refractivity contribution in [2.75, 3.05) is 25.0 Å². The number of likely N-dealkylation sites (N-methyl/N-ethyl adjacent to an activating group) is 1. The number of para-hydroxylation sites is 1. The molecule has 0 unspecified atom stereocenters. The molecule has 1 aliphatic heterocycles. The molecule has 1 aliphatic rings. The number of nitrogens with zero attached hydrogens (tertiary/aromatic N) is 3. The van der Waals surface area contributed by atoms with Crippen LogP contribution >= 0.6 is 0 Å². The molecule has 0 atom stereocenters. The Morgan fingerprint density at radius 2 is 1.73 bits per heavy atom. The Kier molecular flexibility index (Phi) is 4.31. The molecule has 0 saturated carbocycles. The SMILES string of the molecule is CN1CCN(c2ccccc2F)c2cc(-n3ccccc3=O)ccc2C1. The molecule has 26 heavy (non-hydrogen) atoms. The second-order valence-electron chi connectivity index (χ2n) is 6.56. The zero-order chi connectivity index (χ0) is 18.1. The summed E-state index contributed by atoms with van der Waals surface area (Å²) in [5.74, 6) is -0.245. The van der Waals surface area contributed by atoms with Crippen molar-refractivity contribution in [3.05, 3.63) is 88.6 Å². The van der Waals surface area contributed by atoms with Gasteiger partial charge < -0.3 is 9.80 Å². The largest absolute Gasteiger partial charge is 0.337 e. The minimum atomic E-state index is -0.245. The summed E-state index contributed by atoms with van der Waals surface area (Å²) in [6.45, 7) is 2.28. The number of fused-ring (bicyclic) bond motifs is 1. The van der Waals surface area contributed by atoms with Crippen molar-refractivity contribution in [2.24, 2.45) is 0 Å². The Morgan fingerprint density at radius 1 is 0.923 bits per heavy atom. The summed E-state index contributed by atoms with van der Waals surface area (Å²) in [5.41, 5.74) is 3.30. The molecular weight excluding hydrogens is 329 g/mol. The molecule has 2 aromatic carbocycles. The van der Waals surface area contributed by atoms with E-state index in [1.165, 1.54) is 12.1 Å². The van der Waals surface area contributed by atoms with Crippen molar-refractivity contribution in [3.63, 3.8) is 0 Å². The standard InChI is InChI=1S/C21H20FN3O/c1-23-12-13-25(19-7-3-2-6-18(19)22)20-14-17(10-9-16(20)15-23)24-11-5-4-8-21(24)26/h2-11,14H,12-13,15H2,1H3. The van der Waals surface area contributed by atoms with Crippen LogP contribution in [0.3, 0.4) is 0 Å². The summed E-state index contributed by atoms with van der Waals surface area (Å²) >= 11 is 0. The van der Waals surface area contributed by atoms with Gasteiger partial charge in [-0.3, -0.25) is 9.36 Å². The van der Waals surface area contributed by atoms with Crippen molar-refractivity contribution < 1.29 is 4.39 Å². The third-order valence-corrected chi connectivity index (χ3v) is 4.75. The third kappa shape index (κ3) is 3.02. The van der Waals surface area contributed by atoms with Crippen LogP contribution in [-0.4, -0.2) is 29.6 Å². The molecule has 0 amide bonds. The van der Waals surface area contributed by atoms with E-state index >= 15 is 0 Å². The lowest BCUT2D eigenvalue weighted by Gasteiger charge is -2.26. The van der Waals surface area contributed by atoms with Crippen LogP contribution in [0, 0.1) is 5.82 Å². The van der Waals surface area contributed by atoms with Crippen molar-refractivity contribution in [2.45, 2.75) is 6.54 Å². The summed E-state index contributed by atoms with van der Waals surface area (Å²) in [6.07, 6.45) is 1.75. The van der Waals surface area contributed by atoms with Gasteiger partial charge in [0.25, 0.3) is 5.56 Å². The van der Waals surface area contributed by atoms with E-state index in [4.69, 9.17) is 0 Å². The fourth-order valence-electron chi connectivity index (χ4n) is 3.41. The maximum absolute atomic E-state index is 14.5. The first-order chi connectivity index (χ1) is 12.6. The van der Waals surface area contributed by atoms with Crippen molar-refractivity contribution in [1.82, 2.24) is 9.47 Å². The van der Waals surface area contributed by atoms with Gasteiger partial charge in [0.05, 0.1) is 11.4 Å². The summed E-state index contributed by atoms with van der Waals surface area (Å²) in [4.78, 5) is 16.4. The van der Waals surface area contributed by atoms with E-state index in [0.29, 0.717) is 12.2 Å². The van der Waals surface area contributed by atoms with Crippen LogP contribution in [0.15, 0.2) is 71.7 Å². The zero-order valence-corrected chi connectivity index (χ0v) is 14.6. The summed E-state index contributed by atoms with van der Waals surface area (Å²) in [5, 5.41) is 0. The monoisotopic (exact) mass is 349 g/mol. The van der Waals surface area contributed by atoms with Gasteiger partial charge in [-0.15, -0.1) is 0 Å². The van der Waals surface area contributed by atoms with E-state index in [0.717, 1.165) is 30.0 Å². The van der Waals surface area contributed by atoms with Gasteiger partial charge in [0.1, 0.15) is 5.82 Å². The van der Waals surface area contributed by atoms with E-state index in [1.54, 1.807) is 29.0 Å². The van der Waals surface area contributed by atoms with Gasteiger partial charge in [-0.25, -0.2) is 4.39 Å². The molecule has 0 fully saturated rings. The second-order valence-corrected chi connectivity index (χ2v) is 6.56. The van der Waals surface area contributed by atoms with Crippen LogP contribution in [-0.2, 0) is 6.54 Å². The Hall–Kier alpha value is -2.92. The molecule has 0 saturated heterocycles. The van der Waals surface area contributed by atoms with Crippen LogP contribution in [0.1, 0.15) is 5.56 Å². The predicted octanol–water partition coefficient (Wildman–Crippen LogP) is 3.56. The van der Waals surface area contributed by atoms with Gasteiger partial charge in [0.15, 0.2) is 0 Å². The zero-order valence-electron chi connectivity index (χ0n) is 14.6. The molecule has 3 aromatic rings. The first kappa shape index (κ1) is 16.5. The average Bonchev–Trinajstić information content (AvgIpc) is 2.80. The predicted molar refractivity (Wildman–Crippen MR) is 102 cm³/mol. The maximum atomic E-state index is 14.5. The Bertz CT molecular complexity index is 998. The minimum Gasteiger partial charge on any atom is -0.337 e. The lowest BCUT2D eigenvalue weighted by atomic mass is 10.1. The Balaban J connectivity index is 1.88. The summed E-state index contributed by atoms with van der Waals surface area (Å²) in [7, 11) is 2.06. The topological polar surface area (TPSA) is 28.5 Å². The highest BCUT2D eigenvalue weighted by Gasteiger charge is 2.22. The van der Waals surface area contributed by atoms with Crippen molar-refractivity contribution >= 4 is 11.4 Å². The molecule has 0 aliphatic carbocycles. The molecule has 0 spiro atoms. The van der Waals surface area contributed by atoms with E-state index in [2.05, 4.69) is 11.9 Å². The number of rotatable bonds is 2. The number of aromatic nitrogens is 1. The van der Waals surface area contributed by atoms with E-state index in [-0.39, 0.29) is 11.4 Å². The Labute approximate surface area is 151 Å². The number of benzene rings is 2. The first-order valence-corrected chi connectivity index (χ1v) is 8.65. The molecule has 0 radical (unpaired) electrons. The highest BCUT2D eigenvalue weighted by molar-refractivity contribution is 5.69. The molecule has 4 nitrogen and oxygen atoms in total. The van der Waals surface area contributed by atoms with E-state index in [9.17, 15) is 9.18 Å². The smallest absolute Gasteiger partial charge is 0.255 e. The maximum Gasteiger partial charge on any atom is 0.255 e. The minimum absolute atomic E-state index is 0.0874. The summed E-state index contributed by atoms with van der Waals surface area (Å²) < 4.78 is 16.1. The first-order valence-electron chi connectivity index (χ1n) is 8.65. The normalized spacial score (nSPS) is 14.8. The molecule has 0 N–H and O–H groups in total. The lowest BCUT2D eigenvalue weighted by molar-refractivity contribution is 0.343. The quantitative estimate of drug-likeness (QED) is 0.708. The number of halogens is 1. The molecule has 5 heteroatoms. The Morgan fingerprint density at radius 3 is 2.54 bits per heavy atom. The van der Waals surface area contributed by atoms with Crippen LogP contribution in [0.5, 0.6) is 0 Å². The van der Waals surface area contributed by atoms with Crippen molar-refractivity contribution in [1.29, 1.82) is 0 Å². The molecular formula is C21H20FN3O. The van der Waals surface area contributed by atoms with Crippen LogP contribution in [0.4, 0.5) is 15.8 Å². The van der Waals surface area contributed by atoms with Gasteiger partial charge in [-0.1, -0.05) is 24.3 Å². The second kappa shape index (κ2) is 6.77. The van der Waals surface area contributed by atoms with Crippen LogP contribution in [0.25, 0.3) is 5.69 Å². The fraction of sp³-hybridized carbons (Fsp3) is 0.190. The van der Waals surface area contributed by atoms with Gasteiger partial charge >= 0.3 is 0 Å². The van der Waals surface area contributed by atoms with Gasteiger partial charge in [-0.2, -0.15) is 0 Å². The third-order valence-electron chi connectivity index (χ3n) is 4.75. The van der Waals surface area contributed by atoms with Crippen LogP contribution in [0.2, 0.25) is 0 Å². The lowest BCUT2D eigenvalue weighted by Crippen LogP contribution is -2.26. The number of hydrogen-bond donors (Lipinski definition) is 0. The number of pyridine rings is 1. The van der Waals surface area contributed by atoms with Gasteiger partial charge in [-0.05, 0) is 42.9 Å². The fourth-order valence-corrected chi connectivity index (χ4v) is 3.41. The highest BCUT2D eigenvalue weighted by atomic mass is 19.1.